The van der Waals surface area contributed by atoms with Crippen LogP contribution >= 0.6 is 23.1 Å². The summed E-state index contributed by atoms with van der Waals surface area (Å²) in [6.07, 6.45) is 1.52. The number of rotatable bonds is 13. The second-order valence-corrected chi connectivity index (χ2v) is 12.7. The van der Waals surface area contributed by atoms with Gasteiger partial charge in [-0.2, -0.15) is 8.78 Å². The van der Waals surface area contributed by atoms with Crippen LogP contribution in [-0.2, 0) is 34.2 Å². The third kappa shape index (κ3) is 7.60. The van der Waals surface area contributed by atoms with Crippen molar-refractivity contribution in [2.24, 2.45) is 0 Å². The third-order valence-corrected chi connectivity index (χ3v) is 9.15. The molecule has 0 aliphatic carbocycles. The SMILES string of the molecule is CCCc1nc(SC(F)F)c(C(=O)O)n1Cc1ccc(-c2ccccc2S(=O)(=O)NC(=O)CCc2cccs2)cc1. The molecular formula is C28H27F2N3O5S3. The van der Waals surface area contributed by atoms with Crippen LogP contribution in [0.15, 0.2) is 76.0 Å². The Bertz CT molecular complexity index is 1620. The lowest BCUT2D eigenvalue weighted by atomic mass is 10.0. The van der Waals surface area contributed by atoms with Crippen molar-refractivity contribution in [1.82, 2.24) is 14.3 Å². The summed E-state index contributed by atoms with van der Waals surface area (Å²) in [6.45, 7) is 1.96. The van der Waals surface area contributed by atoms with Crippen molar-refractivity contribution in [3.8, 4) is 11.1 Å². The Hall–Kier alpha value is -3.55. The van der Waals surface area contributed by atoms with Crippen LogP contribution in [0.5, 0.6) is 0 Å². The fourth-order valence-electron chi connectivity index (χ4n) is 4.29. The van der Waals surface area contributed by atoms with Crippen LogP contribution in [-0.4, -0.2) is 40.7 Å². The van der Waals surface area contributed by atoms with E-state index in [2.05, 4.69) is 9.71 Å². The van der Waals surface area contributed by atoms with Crippen molar-refractivity contribution in [2.45, 2.75) is 54.8 Å². The predicted molar refractivity (Wildman–Crippen MR) is 154 cm³/mol. The quantitative estimate of drug-likeness (QED) is 0.175. The van der Waals surface area contributed by atoms with E-state index in [0.29, 0.717) is 41.8 Å². The molecule has 2 aromatic carbocycles. The number of hydrogen-bond donors (Lipinski definition) is 2. The van der Waals surface area contributed by atoms with Gasteiger partial charge >= 0.3 is 5.97 Å². The molecule has 4 rings (SSSR count). The number of hydrogen-bond acceptors (Lipinski definition) is 7. The molecule has 1 amide bonds. The molecule has 4 aromatic rings. The summed E-state index contributed by atoms with van der Waals surface area (Å²) in [7, 11) is -4.16. The van der Waals surface area contributed by atoms with E-state index >= 15 is 0 Å². The van der Waals surface area contributed by atoms with Gasteiger partial charge in [-0.15, -0.1) is 11.3 Å². The number of carboxylic acids is 1. The van der Waals surface area contributed by atoms with Crippen molar-refractivity contribution in [2.75, 3.05) is 0 Å². The number of nitrogens with zero attached hydrogens (tertiary/aromatic N) is 2. The van der Waals surface area contributed by atoms with Crippen molar-refractivity contribution >= 4 is 45.0 Å². The molecule has 2 aromatic heterocycles. The highest BCUT2D eigenvalue weighted by molar-refractivity contribution is 7.99. The van der Waals surface area contributed by atoms with E-state index in [4.69, 9.17) is 0 Å². The maximum atomic E-state index is 13.1. The Kier molecular flexibility index (Phi) is 9.94. The molecule has 0 saturated carbocycles. The highest BCUT2D eigenvalue weighted by Crippen LogP contribution is 2.31. The first-order valence-corrected chi connectivity index (χ1v) is 15.9. The topological polar surface area (TPSA) is 118 Å². The van der Waals surface area contributed by atoms with Crippen molar-refractivity contribution < 1.29 is 31.9 Å². The lowest BCUT2D eigenvalue weighted by Gasteiger charge is -2.13. The summed E-state index contributed by atoms with van der Waals surface area (Å²) >= 11 is 1.60. The molecule has 13 heteroatoms. The Balaban J connectivity index is 1.57. The van der Waals surface area contributed by atoms with E-state index in [0.717, 1.165) is 4.88 Å². The summed E-state index contributed by atoms with van der Waals surface area (Å²) in [5.41, 5.74) is 1.32. The first kappa shape index (κ1) is 30.4. The monoisotopic (exact) mass is 619 g/mol. The van der Waals surface area contributed by atoms with Crippen LogP contribution in [0.4, 0.5) is 8.78 Å². The van der Waals surface area contributed by atoms with E-state index < -0.39 is 27.7 Å². The molecule has 2 N–H and O–H groups in total. The number of aromatic nitrogens is 2. The van der Waals surface area contributed by atoms with E-state index in [1.807, 2.05) is 24.4 Å². The first-order valence-electron chi connectivity index (χ1n) is 12.6. The number of alkyl halides is 2. The molecule has 2 heterocycles. The first-order chi connectivity index (χ1) is 19.6. The van der Waals surface area contributed by atoms with Crippen LogP contribution in [0.2, 0.25) is 0 Å². The molecule has 0 saturated heterocycles. The molecule has 0 atom stereocenters. The highest BCUT2D eigenvalue weighted by Gasteiger charge is 2.26. The summed E-state index contributed by atoms with van der Waals surface area (Å²) in [4.78, 5) is 29.5. The van der Waals surface area contributed by atoms with Gasteiger partial charge in [-0.1, -0.05) is 55.5 Å². The minimum atomic E-state index is -4.16. The summed E-state index contributed by atoms with van der Waals surface area (Å²) in [5, 5.41) is 11.4. The van der Waals surface area contributed by atoms with Crippen molar-refractivity contribution in [1.29, 1.82) is 0 Å². The number of thioether (sulfide) groups is 1. The number of nitrogens with one attached hydrogen (secondary N) is 1. The maximum absolute atomic E-state index is 13.1. The van der Waals surface area contributed by atoms with Gasteiger partial charge in [-0.3, -0.25) is 4.79 Å². The lowest BCUT2D eigenvalue weighted by molar-refractivity contribution is -0.119. The third-order valence-electron chi connectivity index (χ3n) is 6.10. The number of halogens is 2. The standard InChI is InChI=1S/C28H27F2N3O5S3/c1-2-6-23-31-26(40-28(29)30)25(27(35)36)33(23)17-18-10-12-19(13-11-18)21-8-3-4-9-22(21)41(37,38)32-24(34)15-14-20-7-5-16-39-20/h3-5,7-13,16,28H,2,6,14-15,17H2,1H3,(H,32,34)(H,35,36). The minimum Gasteiger partial charge on any atom is -0.476 e. The minimum absolute atomic E-state index is 0.0285. The van der Waals surface area contributed by atoms with E-state index in [-0.39, 0.29) is 40.3 Å². The van der Waals surface area contributed by atoms with Crippen LogP contribution < -0.4 is 4.72 Å². The van der Waals surface area contributed by atoms with Crippen LogP contribution in [0.1, 0.15) is 46.5 Å². The second-order valence-electron chi connectivity index (χ2n) is 9.00. The van der Waals surface area contributed by atoms with Gasteiger partial charge in [0.05, 0.1) is 4.90 Å². The van der Waals surface area contributed by atoms with Crippen molar-refractivity contribution in [3.05, 3.63) is 88.0 Å². The average Bonchev–Trinajstić information content (AvgIpc) is 3.56. The molecule has 0 bridgehead atoms. The zero-order valence-corrected chi connectivity index (χ0v) is 24.4. The van der Waals surface area contributed by atoms with Gasteiger partial charge in [0.2, 0.25) is 5.91 Å². The van der Waals surface area contributed by atoms with E-state index in [1.54, 1.807) is 42.5 Å². The van der Waals surface area contributed by atoms with Gasteiger partial charge in [0.15, 0.2) is 5.69 Å². The second kappa shape index (κ2) is 13.4. The Morgan fingerprint density at radius 2 is 1.80 bits per heavy atom. The highest BCUT2D eigenvalue weighted by atomic mass is 32.2. The lowest BCUT2D eigenvalue weighted by Crippen LogP contribution is -2.31. The molecule has 41 heavy (non-hydrogen) atoms. The number of imidazole rings is 1. The summed E-state index contributed by atoms with van der Waals surface area (Å²) < 4.78 is 56.0. The van der Waals surface area contributed by atoms with Gasteiger partial charge in [-0.25, -0.2) is 22.9 Å². The number of carbonyl (C=O) groups excluding carboxylic acids is 1. The van der Waals surface area contributed by atoms with Crippen LogP contribution in [0, 0.1) is 0 Å². The molecule has 8 nitrogen and oxygen atoms in total. The smallest absolute Gasteiger partial charge is 0.355 e. The molecule has 0 radical (unpaired) electrons. The van der Waals surface area contributed by atoms with Gasteiger partial charge in [0.25, 0.3) is 15.8 Å². The molecule has 0 unspecified atom stereocenters. The maximum Gasteiger partial charge on any atom is 0.355 e. The van der Waals surface area contributed by atoms with Crippen molar-refractivity contribution in [3.63, 3.8) is 0 Å². The number of amides is 1. The number of aromatic carboxylic acids is 1. The molecule has 0 aliphatic heterocycles. The van der Waals surface area contributed by atoms with Crippen LogP contribution in [0.25, 0.3) is 11.1 Å². The fourth-order valence-corrected chi connectivity index (χ4v) is 6.88. The summed E-state index contributed by atoms with van der Waals surface area (Å²) in [6, 6.07) is 16.8. The van der Waals surface area contributed by atoms with E-state index in [1.165, 1.54) is 22.0 Å². The van der Waals surface area contributed by atoms with Gasteiger partial charge in [0, 0.05) is 29.8 Å². The number of carboxylic acid groups (broad SMARTS) is 1. The van der Waals surface area contributed by atoms with Gasteiger partial charge < -0.3 is 9.67 Å². The van der Waals surface area contributed by atoms with Gasteiger partial charge in [-0.05, 0) is 53.2 Å². The molecule has 0 aliphatic rings. The largest absolute Gasteiger partial charge is 0.476 e. The Morgan fingerprint density at radius 3 is 2.44 bits per heavy atom. The fraction of sp³-hybridized carbons (Fsp3) is 0.250. The van der Waals surface area contributed by atoms with Crippen LogP contribution in [0.3, 0.4) is 0 Å². The zero-order chi connectivity index (χ0) is 29.6. The predicted octanol–water partition coefficient (Wildman–Crippen LogP) is 6.06. The Labute approximate surface area is 244 Å². The Morgan fingerprint density at radius 1 is 1.07 bits per heavy atom. The number of benzene rings is 2. The normalized spacial score (nSPS) is 11.6. The molecular weight excluding hydrogens is 593 g/mol. The molecule has 216 valence electrons. The summed E-state index contributed by atoms with van der Waals surface area (Å²) in [5.74, 6) is -4.38. The number of aryl methyl sites for hydroxylation is 2. The average molecular weight is 620 g/mol. The molecule has 0 spiro atoms. The number of sulfonamides is 1. The van der Waals surface area contributed by atoms with E-state index in [9.17, 15) is 31.9 Å². The molecule has 0 fully saturated rings. The van der Waals surface area contributed by atoms with Gasteiger partial charge in [0.1, 0.15) is 10.9 Å². The number of carbonyl (C=O) groups is 2. The zero-order valence-electron chi connectivity index (χ0n) is 21.9. The number of thiophene rings is 1.